The molecule has 0 radical (unpaired) electrons. The van der Waals surface area contributed by atoms with E-state index in [1.54, 1.807) is 7.05 Å². The van der Waals surface area contributed by atoms with E-state index in [0.29, 0.717) is 6.01 Å². The van der Waals surface area contributed by atoms with Crippen molar-refractivity contribution in [1.82, 2.24) is 14.4 Å². The van der Waals surface area contributed by atoms with E-state index in [1.807, 2.05) is 6.07 Å². The topological polar surface area (TPSA) is 55.4 Å². The molecule has 5 nitrogen and oxygen atoms in total. The van der Waals surface area contributed by atoms with Gasteiger partial charge in [-0.15, -0.1) is 0 Å². The number of nitrogens with one attached hydrogen (secondary N) is 1. The largest absolute Gasteiger partial charge is 0.424 e. The third-order valence-corrected chi connectivity index (χ3v) is 4.43. The minimum atomic E-state index is 0.550. The molecule has 0 fully saturated rings. The summed E-state index contributed by atoms with van der Waals surface area (Å²) in [6, 6.07) is 11.0. The van der Waals surface area contributed by atoms with Crippen LogP contribution in [-0.2, 0) is 12.8 Å². The molecule has 4 aromatic rings. The van der Waals surface area contributed by atoms with E-state index < -0.39 is 0 Å². The SMILES string of the molecule is CNc1nc2cc(CCc3nc4cc(C)ccn4c3C)ccc2o1. The number of hydrogen-bond donors (Lipinski definition) is 1. The standard InChI is InChI=1S/C19H20N4O/c1-12-8-9-23-13(2)15(21-18(23)10-12)6-4-14-5-7-17-16(11-14)22-19(20-3)24-17/h5,7-11H,4,6H2,1-3H3,(H,20,22). The van der Waals surface area contributed by atoms with Crippen LogP contribution in [0.15, 0.2) is 40.9 Å². The Kier molecular flexibility index (Phi) is 3.49. The molecule has 0 atom stereocenters. The fourth-order valence-electron chi connectivity index (χ4n) is 3.05. The van der Waals surface area contributed by atoms with Gasteiger partial charge in [0, 0.05) is 18.9 Å². The van der Waals surface area contributed by atoms with Gasteiger partial charge in [-0.05, 0) is 62.1 Å². The highest BCUT2D eigenvalue weighted by molar-refractivity contribution is 5.75. The third kappa shape index (κ3) is 2.52. The molecule has 122 valence electrons. The molecule has 0 amide bonds. The predicted octanol–water partition coefficient (Wildman–Crippen LogP) is 3.92. The van der Waals surface area contributed by atoms with E-state index >= 15 is 0 Å². The van der Waals surface area contributed by atoms with Gasteiger partial charge < -0.3 is 14.1 Å². The number of nitrogens with zero attached hydrogens (tertiary/aromatic N) is 3. The van der Waals surface area contributed by atoms with E-state index in [2.05, 4.69) is 59.0 Å². The maximum Gasteiger partial charge on any atom is 0.295 e. The van der Waals surface area contributed by atoms with Crippen molar-refractivity contribution in [2.24, 2.45) is 0 Å². The number of benzene rings is 1. The summed E-state index contributed by atoms with van der Waals surface area (Å²) in [5.74, 6) is 0. The first kappa shape index (κ1) is 14.8. The summed E-state index contributed by atoms with van der Waals surface area (Å²) in [6.45, 7) is 4.22. The lowest BCUT2D eigenvalue weighted by Crippen LogP contribution is -1.95. The van der Waals surface area contributed by atoms with Crippen molar-refractivity contribution >= 4 is 22.8 Å². The van der Waals surface area contributed by atoms with Crippen molar-refractivity contribution in [3.8, 4) is 0 Å². The molecule has 4 rings (SSSR count). The first-order valence-electron chi connectivity index (χ1n) is 8.15. The van der Waals surface area contributed by atoms with Crippen molar-refractivity contribution in [1.29, 1.82) is 0 Å². The Morgan fingerprint density at radius 3 is 2.79 bits per heavy atom. The normalized spacial score (nSPS) is 11.5. The number of imidazole rings is 1. The van der Waals surface area contributed by atoms with Crippen LogP contribution in [-0.4, -0.2) is 21.4 Å². The van der Waals surface area contributed by atoms with Crippen LogP contribution < -0.4 is 5.32 Å². The molecule has 3 aromatic heterocycles. The average Bonchev–Trinajstić information content (AvgIpc) is 3.13. The molecule has 0 spiro atoms. The van der Waals surface area contributed by atoms with Crippen LogP contribution in [0, 0.1) is 13.8 Å². The van der Waals surface area contributed by atoms with Crippen LogP contribution in [0.3, 0.4) is 0 Å². The summed E-state index contributed by atoms with van der Waals surface area (Å²) in [7, 11) is 1.81. The second-order valence-corrected chi connectivity index (χ2v) is 6.15. The summed E-state index contributed by atoms with van der Waals surface area (Å²) >= 11 is 0. The zero-order valence-electron chi connectivity index (χ0n) is 14.1. The lowest BCUT2D eigenvalue weighted by molar-refractivity contribution is 0.620. The van der Waals surface area contributed by atoms with Crippen LogP contribution in [0.2, 0.25) is 0 Å². The van der Waals surface area contributed by atoms with Crippen LogP contribution in [0.5, 0.6) is 0 Å². The fraction of sp³-hybridized carbons (Fsp3) is 0.263. The summed E-state index contributed by atoms with van der Waals surface area (Å²) in [5.41, 5.74) is 7.55. The smallest absolute Gasteiger partial charge is 0.295 e. The number of anilines is 1. The lowest BCUT2D eigenvalue weighted by Gasteiger charge is -2.01. The van der Waals surface area contributed by atoms with Gasteiger partial charge in [-0.1, -0.05) is 6.07 Å². The molecule has 1 N–H and O–H groups in total. The molecule has 0 saturated carbocycles. The quantitative estimate of drug-likeness (QED) is 0.619. The zero-order chi connectivity index (χ0) is 16.7. The van der Waals surface area contributed by atoms with E-state index in [4.69, 9.17) is 9.40 Å². The molecule has 0 aliphatic carbocycles. The Morgan fingerprint density at radius 2 is 1.96 bits per heavy atom. The Balaban J connectivity index is 1.59. The lowest BCUT2D eigenvalue weighted by atomic mass is 10.1. The van der Waals surface area contributed by atoms with Gasteiger partial charge in [-0.2, -0.15) is 4.98 Å². The van der Waals surface area contributed by atoms with Gasteiger partial charge in [0.25, 0.3) is 6.01 Å². The summed E-state index contributed by atoms with van der Waals surface area (Å²) < 4.78 is 7.72. The molecular formula is C19H20N4O. The highest BCUT2D eigenvalue weighted by Gasteiger charge is 2.10. The van der Waals surface area contributed by atoms with Gasteiger partial charge in [-0.3, -0.25) is 0 Å². The Hall–Kier alpha value is -2.82. The molecule has 3 heterocycles. The Labute approximate surface area is 140 Å². The van der Waals surface area contributed by atoms with Crippen molar-refractivity contribution in [2.75, 3.05) is 12.4 Å². The Bertz CT molecular complexity index is 1030. The number of aryl methyl sites for hydroxylation is 4. The molecule has 0 aliphatic rings. The molecule has 5 heteroatoms. The summed E-state index contributed by atoms with van der Waals surface area (Å²) in [6.07, 6.45) is 3.94. The number of fused-ring (bicyclic) bond motifs is 2. The van der Waals surface area contributed by atoms with E-state index in [9.17, 15) is 0 Å². The third-order valence-electron chi connectivity index (χ3n) is 4.43. The first-order valence-corrected chi connectivity index (χ1v) is 8.15. The number of pyridine rings is 1. The molecule has 24 heavy (non-hydrogen) atoms. The van der Waals surface area contributed by atoms with Gasteiger partial charge in [0.1, 0.15) is 11.2 Å². The van der Waals surface area contributed by atoms with Gasteiger partial charge in [0.15, 0.2) is 5.58 Å². The van der Waals surface area contributed by atoms with Crippen LogP contribution >= 0.6 is 0 Å². The molecule has 1 aromatic carbocycles. The van der Waals surface area contributed by atoms with Gasteiger partial charge >= 0.3 is 0 Å². The predicted molar refractivity (Wildman–Crippen MR) is 95.6 cm³/mol. The minimum Gasteiger partial charge on any atom is -0.424 e. The van der Waals surface area contributed by atoms with Crippen molar-refractivity contribution in [3.05, 3.63) is 59.0 Å². The summed E-state index contributed by atoms with van der Waals surface area (Å²) in [5, 5.41) is 2.93. The van der Waals surface area contributed by atoms with E-state index in [-0.39, 0.29) is 0 Å². The summed E-state index contributed by atoms with van der Waals surface area (Å²) in [4.78, 5) is 9.20. The van der Waals surface area contributed by atoms with Crippen LogP contribution in [0.1, 0.15) is 22.5 Å². The number of oxazole rings is 1. The maximum absolute atomic E-state index is 5.57. The van der Waals surface area contributed by atoms with Crippen molar-refractivity contribution in [3.63, 3.8) is 0 Å². The molecule has 0 bridgehead atoms. The van der Waals surface area contributed by atoms with E-state index in [0.717, 1.165) is 35.3 Å². The average molecular weight is 320 g/mol. The fourth-order valence-corrected chi connectivity index (χ4v) is 3.05. The van der Waals surface area contributed by atoms with E-state index in [1.165, 1.54) is 16.8 Å². The Morgan fingerprint density at radius 1 is 1.08 bits per heavy atom. The molecule has 0 saturated heterocycles. The monoisotopic (exact) mass is 320 g/mol. The number of hydrogen-bond acceptors (Lipinski definition) is 4. The van der Waals surface area contributed by atoms with Crippen molar-refractivity contribution < 1.29 is 4.42 Å². The van der Waals surface area contributed by atoms with Crippen LogP contribution in [0.4, 0.5) is 6.01 Å². The molecular weight excluding hydrogens is 300 g/mol. The van der Waals surface area contributed by atoms with Gasteiger partial charge in [-0.25, -0.2) is 4.98 Å². The van der Waals surface area contributed by atoms with Crippen molar-refractivity contribution in [2.45, 2.75) is 26.7 Å². The number of rotatable bonds is 4. The van der Waals surface area contributed by atoms with Gasteiger partial charge in [0.05, 0.1) is 5.69 Å². The molecule has 0 aliphatic heterocycles. The maximum atomic E-state index is 5.57. The highest BCUT2D eigenvalue weighted by atomic mass is 16.4. The second-order valence-electron chi connectivity index (χ2n) is 6.15. The first-order chi connectivity index (χ1) is 11.6. The zero-order valence-corrected chi connectivity index (χ0v) is 14.1. The van der Waals surface area contributed by atoms with Gasteiger partial charge in [0.2, 0.25) is 0 Å². The highest BCUT2D eigenvalue weighted by Crippen LogP contribution is 2.21. The van der Waals surface area contributed by atoms with Crippen LogP contribution in [0.25, 0.3) is 16.7 Å². The second kappa shape index (κ2) is 5.67. The number of aromatic nitrogens is 3. The molecule has 0 unspecified atom stereocenters. The minimum absolute atomic E-state index is 0.550.